The molecule has 1 aliphatic rings. The summed E-state index contributed by atoms with van der Waals surface area (Å²) in [5.41, 5.74) is 3.68. The number of hydrogen-bond acceptors (Lipinski definition) is 2. The zero-order valence-corrected chi connectivity index (χ0v) is 13.4. The Balaban J connectivity index is 1.97. The fraction of sp³-hybridized carbons (Fsp3) is 0.500. The van der Waals surface area contributed by atoms with E-state index in [0.717, 1.165) is 36.0 Å². The van der Waals surface area contributed by atoms with Crippen LogP contribution in [-0.2, 0) is 13.0 Å². The maximum Gasteiger partial charge on any atom is 0.335 e. The Hall–Kier alpha value is -1.81. The molecule has 4 nitrogen and oxygen atoms in total. The average molecular weight is 300 g/mol. The standard InChI is InChI=1S/C18H24N2O2/c1-3-20-12-14(6-9-19-7-4-5-8-19)16-11-15(18(21)22)13(2)10-17(16)20/h10-12H,3-9H2,1-2H3,(H,21,22). The van der Waals surface area contributed by atoms with E-state index in [1.807, 2.05) is 19.1 Å². The number of carbonyl (C=O) groups is 1. The zero-order valence-electron chi connectivity index (χ0n) is 13.4. The smallest absolute Gasteiger partial charge is 0.335 e. The monoisotopic (exact) mass is 300 g/mol. The van der Waals surface area contributed by atoms with Crippen LogP contribution < -0.4 is 0 Å². The van der Waals surface area contributed by atoms with Crippen molar-refractivity contribution in [3.05, 3.63) is 35.0 Å². The highest BCUT2D eigenvalue weighted by molar-refractivity contribution is 5.96. The van der Waals surface area contributed by atoms with Crippen molar-refractivity contribution >= 4 is 16.9 Å². The summed E-state index contributed by atoms with van der Waals surface area (Å²) in [4.78, 5) is 13.9. The molecule has 0 saturated carbocycles. The van der Waals surface area contributed by atoms with Gasteiger partial charge in [0.15, 0.2) is 0 Å². The predicted octanol–water partition coefficient (Wildman–Crippen LogP) is 3.31. The number of aryl methyl sites for hydroxylation is 2. The van der Waals surface area contributed by atoms with E-state index in [1.54, 1.807) is 0 Å². The maximum atomic E-state index is 11.4. The summed E-state index contributed by atoms with van der Waals surface area (Å²) in [5, 5.41) is 10.5. The summed E-state index contributed by atoms with van der Waals surface area (Å²) in [6, 6.07) is 3.88. The maximum absolute atomic E-state index is 11.4. The van der Waals surface area contributed by atoms with Crippen LogP contribution in [-0.4, -0.2) is 40.2 Å². The molecule has 3 rings (SSSR count). The molecule has 0 amide bonds. The lowest BCUT2D eigenvalue weighted by atomic mass is 10.0. The van der Waals surface area contributed by atoms with Crippen molar-refractivity contribution in [2.45, 2.75) is 39.7 Å². The number of carboxylic acid groups (broad SMARTS) is 1. The first-order valence-electron chi connectivity index (χ1n) is 8.18. The van der Waals surface area contributed by atoms with E-state index in [1.165, 1.54) is 31.5 Å². The fourth-order valence-electron chi connectivity index (χ4n) is 3.49. The lowest BCUT2D eigenvalue weighted by Crippen LogP contribution is -2.21. The number of benzene rings is 1. The van der Waals surface area contributed by atoms with Gasteiger partial charge in [0.2, 0.25) is 0 Å². The molecule has 0 radical (unpaired) electrons. The van der Waals surface area contributed by atoms with E-state index in [-0.39, 0.29) is 0 Å². The van der Waals surface area contributed by atoms with Gasteiger partial charge in [-0.05, 0) is 69.5 Å². The molecule has 1 aromatic carbocycles. The Morgan fingerprint density at radius 2 is 2.00 bits per heavy atom. The van der Waals surface area contributed by atoms with Gasteiger partial charge in [0.25, 0.3) is 0 Å². The third-order valence-corrected chi connectivity index (χ3v) is 4.78. The number of hydrogen-bond donors (Lipinski definition) is 1. The minimum absolute atomic E-state index is 0.420. The third kappa shape index (κ3) is 2.75. The van der Waals surface area contributed by atoms with E-state index >= 15 is 0 Å². The van der Waals surface area contributed by atoms with E-state index in [0.29, 0.717) is 5.56 Å². The minimum Gasteiger partial charge on any atom is -0.478 e. The Kier molecular flexibility index (Phi) is 4.21. The highest BCUT2D eigenvalue weighted by Gasteiger charge is 2.16. The quantitative estimate of drug-likeness (QED) is 0.921. The predicted molar refractivity (Wildman–Crippen MR) is 88.7 cm³/mol. The fourth-order valence-corrected chi connectivity index (χ4v) is 3.49. The van der Waals surface area contributed by atoms with Crippen molar-refractivity contribution in [2.75, 3.05) is 19.6 Å². The molecule has 4 heteroatoms. The Labute approximate surface area is 131 Å². The first kappa shape index (κ1) is 15.1. The highest BCUT2D eigenvalue weighted by Crippen LogP contribution is 2.26. The second-order valence-corrected chi connectivity index (χ2v) is 6.23. The number of carboxylic acids is 1. The minimum atomic E-state index is -0.839. The zero-order chi connectivity index (χ0) is 15.7. The molecular formula is C18H24N2O2. The van der Waals surface area contributed by atoms with Crippen LogP contribution in [0.4, 0.5) is 0 Å². The number of aromatic carboxylic acids is 1. The summed E-state index contributed by atoms with van der Waals surface area (Å²) < 4.78 is 2.23. The largest absolute Gasteiger partial charge is 0.478 e. The second-order valence-electron chi connectivity index (χ2n) is 6.23. The van der Waals surface area contributed by atoms with Gasteiger partial charge in [-0.15, -0.1) is 0 Å². The molecule has 0 aliphatic carbocycles. The lowest BCUT2D eigenvalue weighted by Gasteiger charge is -2.13. The van der Waals surface area contributed by atoms with E-state index in [2.05, 4.69) is 22.6 Å². The number of nitrogens with zero attached hydrogens (tertiary/aromatic N) is 2. The number of aromatic nitrogens is 1. The molecule has 1 fully saturated rings. The van der Waals surface area contributed by atoms with Crippen molar-refractivity contribution in [3.8, 4) is 0 Å². The van der Waals surface area contributed by atoms with E-state index in [9.17, 15) is 9.90 Å². The SMILES string of the molecule is CCn1cc(CCN2CCCC2)c2cc(C(=O)O)c(C)cc21. The topological polar surface area (TPSA) is 45.5 Å². The molecule has 1 saturated heterocycles. The van der Waals surface area contributed by atoms with Crippen LogP contribution in [0.2, 0.25) is 0 Å². The summed E-state index contributed by atoms with van der Waals surface area (Å²) in [7, 11) is 0. The number of fused-ring (bicyclic) bond motifs is 1. The first-order chi connectivity index (χ1) is 10.6. The molecule has 2 aromatic rings. The van der Waals surface area contributed by atoms with Gasteiger partial charge in [-0.3, -0.25) is 0 Å². The van der Waals surface area contributed by atoms with Crippen LogP contribution >= 0.6 is 0 Å². The summed E-state index contributed by atoms with van der Waals surface area (Å²) in [6.07, 6.45) is 5.80. The molecule has 1 aliphatic heterocycles. The van der Waals surface area contributed by atoms with Crippen LogP contribution in [0.1, 0.15) is 41.3 Å². The van der Waals surface area contributed by atoms with Crippen LogP contribution in [0.3, 0.4) is 0 Å². The average Bonchev–Trinajstić information content (AvgIpc) is 3.11. The molecule has 1 N–H and O–H groups in total. The third-order valence-electron chi connectivity index (χ3n) is 4.78. The van der Waals surface area contributed by atoms with Gasteiger partial charge in [-0.25, -0.2) is 4.79 Å². The van der Waals surface area contributed by atoms with Crippen LogP contribution in [0.5, 0.6) is 0 Å². The van der Waals surface area contributed by atoms with Gasteiger partial charge in [0.1, 0.15) is 0 Å². The van der Waals surface area contributed by atoms with Gasteiger partial charge < -0.3 is 14.6 Å². The molecule has 1 aromatic heterocycles. The summed E-state index contributed by atoms with van der Waals surface area (Å²) in [5.74, 6) is -0.839. The highest BCUT2D eigenvalue weighted by atomic mass is 16.4. The molecule has 22 heavy (non-hydrogen) atoms. The Bertz CT molecular complexity index is 697. The molecule has 0 unspecified atom stereocenters. The van der Waals surface area contributed by atoms with Crippen LogP contribution in [0, 0.1) is 6.92 Å². The van der Waals surface area contributed by atoms with E-state index < -0.39 is 5.97 Å². The van der Waals surface area contributed by atoms with Gasteiger partial charge in [0, 0.05) is 30.2 Å². The number of likely N-dealkylation sites (tertiary alicyclic amines) is 1. The summed E-state index contributed by atoms with van der Waals surface area (Å²) >= 11 is 0. The van der Waals surface area contributed by atoms with Crippen molar-refractivity contribution in [1.29, 1.82) is 0 Å². The number of rotatable bonds is 5. The molecule has 0 atom stereocenters. The molecule has 0 spiro atoms. The Morgan fingerprint density at radius 1 is 1.27 bits per heavy atom. The van der Waals surface area contributed by atoms with Crippen molar-refractivity contribution in [1.82, 2.24) is 9.47 Å². The van der Waals surface area contributed by atoms with Crippen LogP contribution in [0.15, 0.2) is 18.3 Å². The second kappa shape index (κ2) is 6.13. The Morgan fingerprint density at radius 3 is 2.64 bits per heavy atom. The van der Waals surface area contributed by atoms with Crippen LogP contribution in [0.25, 0.3) is 10.9 Å². The van der Waals surface area contributed by atoms with E-state index in [4.69, 9.17) is 0 Å². The molecular weight excluding hydrogens is 276 g/mol. The van der Waals surface area contributed by atoms with Crippen molar-refractivity contribution in [3.63, 3.8) is 0 Å². The van der Waals surface area contributed by atoms with Crippen molar-refractivity contribution < 1.29 is 9.90 Å². The van der Waals surface area contributed by atoms with Gasteiger partial charge in [-0.1, -0.05) is 0 Å². The molecule has 2 heterocycles. The molecule has 118 valence electrons. The molecule has 0 bridgehead atoms. The van der Waals surface area contributed by atoms with Crippen molar-refractivity contribution in [2.24, 2.45) is 0 Å². The lowest BCUT2D eigenvalue weighted by molar-refractivity contribution is 0.0696. The van der Waals surface area contributed by atoms with Gasteiger partial charge in [-0.2, -0.15) is 0 Å². The first-order valence-corrected chi connectivity index (χ1v) is 8.18. The summed E-state index contributed by atoms with van der Waals surface area (Å²) in [6.45, 7) is 8.38. The van der Waals surface area contributed by atoms with Gasteiger partial charge >= 0.3 is 5.97 Å². The van der Waals surface area contributed by atoms with Gasteiger partial charge in [0.05, 0.1) is 5.56 Å². The normalized spacial score (nSPS) is 15.7.